The predicted octanol–water partition coefficient (Wildman–Crippen LogP) is 1.85. The summed E-state index contributed by atoms with van der Waals surface area (Å²) in [6, 6.07) is 5.36. The number of rotatable bonds is 2. The highest BCUT2D eigenvalue weighted by Gasteiger charge is 2.13. The van der Waals surface area contributed by atoms with Crippen LogP contribution < -0.4 is 9.47 Å². The summed E-state index contributed by atoms with van der Waals surface area (Å²) in [6.45, 7) is 2.96. The Morgan fingerprint density at radius 3 is 2.80 bits per heavy atom. The van der Waals surface area contributed by atoms with Gasteiger partial charge in [0.25, 0.3) is 0 Å². The third-order valence-electron chi connectivity index (χ3n) is 2.29. The van der Waals surface area contributed by atoms with Gasteiger partial charge in [-0.3, -0.25) is 0 Å². The van der Waals surface area contributed by atoms with Crippen molar-refractivity contribution in [1.82, 2.24) is 0 Å². The zero-order valence-corrected chi connectivity index (χ0v) is 8.40. The molecule has 0 fully saturated rings. The lowest BCUT2D eigenvalue weighted by atomic mass is 10.1. The largest absolute Gasteiger partial charge is 0.486 e. The second kappa shape index (κ2) is 4.15. The molecule has 0 aromatic heterocycles. The zero-order chi connectivity index (χ0) is 10.7. The molecule has 4 heteroatoms. The molecule has 0 spiro atoms. The molecule has 2 rings (SSSR count). The van der Waals surface area contributed by atoms with E-state index in [1.165, 1.54) is 0 Å². The molecule has 0 N–H and O–H groups in total. The van der Waals surface area contributed by atoms with Gasteiger partial charge in [0.05, 0.1) is 6.04 Å². The van der Waals surface area contributed by atoms with E-state index in [1.807, 2.05) is 25.1 Å². The minimum atomic E-state index is -0.196. The SMILES string of the molecule is CC(N=C=O)c1ccc2c(c1)OCCO2. The molecule has 1 aromatic rings. The van der Waals surface area contributed by atoms with Gasteiger partial charge in [-0.15, -0.1) is 0 Å². The van der Waals surface area contributed by atoms with E-state index in [-0.39, 0.29) is 6.04 Å². The number of benzene rings is 1. The van der Waals surface area contributed by atoms with E-state index in [4.69, 9.17) is 9.47 Å². The van der Waals surface area contributed by atoms with Gasteiger partial charge in [0.1, 0.15) is 13.2 Å². The summed E-state index contributed by atoms with van der Waals surface area (Å²) in [4.78, 5) is 13.8. The summed E-state index contributed by atoms with van der Waals surface area (Å²) in [5.41, 5.74) is 0.919. The van der Waals surface area contributed by atoms with Crippen molar-refractivity contribution in [3.05, 3.63) is 23.8 Å². The molecule has 1 aliphatic rings. The molecule has 78 valence electrons. The van der Waals surface area contributed by atoms with Gasteiger partial charge in [-0.25, -0.2) is 4.79 Å². The third kappa shape index (κ3) is 2.00. The molecule has 1 atom stereocenters. The highest BCUT2D eigenvalue weighted by molar-refractivity contribution is 5.45. The lowest BCUT2D eigenvalue weighted by Gasteiger charge is -2.19. The molecule has 1 aromatic carbocycles. The molecule has 0 amide bonds. The minimum Gasteiger partial charge on any atom is -0.486 e. The maximum Gasteiger partial charge on any atom is 0.235 e. The molecule has 0 bridgehead atoms. The second-order valence-electron chi connectivity index (χ2n) is 3.30. The number of carbonyl (C=O) groups excluding carboxylic acids is 1. The number of fused-ring (bicyclic) bond motifs is 1. The van der Waals surface area contributed by atoms with Crippen molar-refractivity contribution in [3.63, 3.8) is 0 Å². The molecule has 1 unspecified atom stereocenters. The molecule has 15 heavy (non-hydrogen) atoms. The molecule has 4 nitrogen and oxygen atoms in total. The maximum absolute atomic E-state index is 10.1. The Balaban J connectivity index is 2.31. The first-order valence-corrected chi connectivity index (χ1v) is 4.78. The number of ether oxygens (including phenoxy) is 2. The van der Waals surface area contributed by atoms with E-state index < -0.39 is 0 Å². The van der Waals surface area contributed by atoms with Crippen LogP contribution in [0.25, 0.3) is 0 Å². The summed E-state index contributed by atoms with van der Waals surface area (Å²) in [5, 5.41) is 0. The number of hydrogen-bond donors (Lipinski definition) is 0. The number of nitrogens with zero attached hydrogens (tertiary/aromatic N) is 1. The van der Waals surface area contributed by atoms with Gasteiger partial charge < -0.3 is 9.47 Å². The summed E-state index contributed by atoms with van der Waals surface area (Å²) in [7, 11) is 0. The highest BCUT2D eigenvalue weighted by atomic mass is 16.6. The van der Waals surface area contributed by atoms with E-state index in [0.717, 1.165) is 11.3 Å². The van der Waals surface area contributed by atoms with Gasteiger partial charge in [-0.05, 0) is 24.6 Å². The predicted molar refractivity (Wildman–Crippen MR) is 54.0 cm³/mol. The number of hydrogen-bond acceptors (Lipinski definition) is 4. The van der Waals surface area contributed by atoms with E-state index in [2.05, 4.69) is 4.99 Å². The molecular formula is C11H11NO3. The van der Waals surface area contributed by atoms with Crippen LogP contribution in [0.15, 0.2) is 23.2 Å². The first kappa shape index (κ1) is 9.74. The fourth-order valence-electron chi connectivity index (χ4n) is 1.47. The van der Waals surface area contributed by atoms with Gasteiger partial charge in [-0.2, -0.15) is 4.99 Å². The van der Waals surface area contributed by atoms with Crippen molar-refractivity contribution in [3.8, 4) is 11.5 Å². The Labute approximate surface area is 87.5 Å². The van der Waals surface area contributed by atoms with Gasteiger partial charge in [0.15, 0.2) is 11.5 Å². The third-order valence-corrected chi connectivity index (χ3v) is 2.29. The molecular weight excluding hydrogens is 194 g/mol. The molecule has 0 saturated heterocycles. The van der Waals surface area contributed by atoms with Crippen molar-refractivity contribution in [1.29, 1.82) is 0 Å². The highest BCUT2D eigenvalue weighted by Crippen LogP contribution is 2.33. The van der Waals surface area contributed by atoms with Crippen LogP contribution in [0.4, 0.5) is 0 Å². The van der Waals surface area contributed by atoms with Crippen molar-refractivity contribution in [2.75, 3.05) is 13.2 Å². The Kier molecular flexibility index (Phi) is 2.70. The van der Waals surface area contributed by atoms with Crippen molar-refractivity contribution < 1.29 is 14.3 Å². The Morgan fingerprint density at radius 1 is 1.33 bits per heavy atom. The Morgan fingerprint density at radius 2 is 2.07 bits per heavy atom. The average molecular weight is 205 g/mol. The van der Waals surface area contributed by atoms with E-state index in [9.17, 15) is 4.79 Å². The van der Waals surface area contributed by atoms with Gasteiger partial charge in [0.2, 0.25) is 6.08 Å². The van der Waals surface area contributed by atoms with Crippen LogP contribution in [0.2, 0.25) is 0 Å². The van der Waals surface area contributed by atoms with Crippen LogP contribution in [0.3, 0.4) is 0 Å². The van der Waals surface area contributed by atoms with Crippen LogP contribution in [0.1, 0.15) is 18.5 Å². The van der Waals surface area contributed by atoms with E-state index >= 15 is 0 Å². The van der Waals surface area contributed by atoms with Gasteiger partial charge in [-0.1, -0.05) is 6.07 Å². The van der Waals surface area contributed by atoms with Crippen LogP contribution in [0.5, 0.6) is 11.5 Å². The lowest BCUT2D eigenvalue weighted by Crippen LogP contribution is -2.15. The lowest BCUT2D eigenvalue weighted by molar-refractivity contribution is 0.171. The van der Waals surface area contributed by atoms with E-state index in [1.54, 1.807) is 6.08 Å². The summed E-state index contributed by atoms with van der Waals surface area (Å²) in [6.07, 6.45) is 1.55. The zero-order valence-electron chi connectivity index (χ0n) is 8.40. The quantitative estimate of drug-likeness (QED) is 0.547. The van der Waals surface area contributed by atoms with Crippen molar-refractivity contribution in [2.45, 2.75) is 13.0 Å². The standard InChI is InChI=1S/C11H11NO3/c1-8(12-7-13)9-2-3-10-11(6-9)15-5-4-14-10/h2-3,6,8H,4-5H2,1H3. The molecule has 0 saturated carbocycles. The first-order chi connectivity index (χ1) is 7.31. The normalized spacial score (nSPS) is 15.3. The maximum atomic E-state index is 10.1. The minimum absolute atomic E-state index is 0.196. The summed E-state index contributed by atoms with van der Waals surface area (Å²) >= 11 is 0. The fraction of sp³-hybridized carbons (Fsp3) is 0.364. The average Bonchev–Trinajstić information content (AvgIpc) is 2.29. The topological polar surface area (TPSA) is 47.9 Å². The van der Waals surface area contributed by atoms with Crippen LogP contribution in [-0.4, -0.2) is 19.3 Å². The monoisotopic (exact) mass is 205 g/mol. The Hall–Kier alpha value is -1.80. The molecule has 0 radical (unpaired) electrons. The van der Waals surface area contributed by atoms with Gasteiger partial charge in [0, 0.05) is 0 Å². The first-order valence-electron chi connectivity index (χ1n) is 4.78. The van der Waals surface area contributed by atoms with Crippen LogP contribution >= 0.6 is 0 Å². The molecule has 1 heterocycles. The Bertz CT molecular complexity index is 410. The smallest absolute Gasteiger partial charge is 0.235 e. The van der Waals surface area contributed by atoms with Crippen LogP contribution in [0, 0.1) is 0 Å². The number of aliphatic imine (C=N–C) groups is 1. The summed E-state index contributed by atoms with van der Waals surface area (Å²) in [5.74, 6) is 1.46. The van der Waals surface area contributed by atoms with Crippen molar-refractivity contribution >= 4 is 6.08 Å². The second-order valence-corrected chi connectivity index (χ2v) is 3.30. The van der Waals surface area contributed by atoms with E-state index in [0.29, 0.717) is 19.0 Å². The number of isocyanates is 1. The van der Waals surface area contributed by atoms with Crippen LogP contribution in [-0.2, 0) is 4.79 Å². The van der Waals surface area contributed by atoms with Gasteiger partial charge >= 0.3 is 0 Å². The molecule has 1 aliphatic heterocycles. The van der Waals surface area contributed by atoms with Crippen molar-refractivity contribution in [2.24, 2.45) is 4.99 Å². The molecule has 0 aliphatic carbocycles. The summed E-state index contributed by atoms with van der Waals surface area (Å²) < 4.78 is 10.8. The fourth-order valence-corrected chi connectivity index (χ4v) is 1.47.